The maximum Gasteiger partial charge on any atom is 0.415 e. The molecule has 5 rings (SSSR count). The van der Waals surface area contributed by atoms with E-state index in [-0.39, 0.29) is 35.9 Å². The van der Waals surface area contributed by atoms with Crippen LogP contribution in [-0.4, -0.2) is 41.2 Å². The fourth-order valence-corrected chi connectivity index (χ4v) is 5.49. The Labute approximate surface area is 219 Å². The summed E-state index contributed by atoms with van der Waals surface area (Å²) in [5, 5.41) is 3.23. The minimum Gasteiger partial charge on any atom is -0.410 e. The van der Waals surface area contributed by atoms with E-state index in [1.54, 1.807) is 12.1 Å². The van der Waals surface area contributed by atoms with Gasteiger partial charge in [0.1, 0.15) is 5.75 Å². The first-order valence-corrected chi connectivity index (χ1v) is 13.7. The number of dihydropyridines is 1. The van der Waals surface area contributed by atoms with Crippen molar-refractivity contribution in [1.29, 1.82) is 0 Å². The van der Waals surface area contributed by atoms with Crippen LogP contribution in [0.4, 0.5) is 4.79 Å². The van der Waals surface area contributed by atoms with Gasteiger partial charge in [0.25, 0.3) is 0 Å². The number of nitrogens with zero attached hydrogens (tertiary/aromatic N) is 2. The molecule has 1 aliphatic heterocycles. The van der Waals surface area contributed by atoms with Crippen molar-refractivity contribution >= 4 is 17.7 Å². The molecule has 0 radical (unpaired) electrons. The molecule has 2 amide bonds. The van der Waals surface area contributed by atoms with Crippen LogP contribution in [-0.2, 0) is 11.3 Å². The van der Waals surface area contributed by atoms with Gasteiger partial charge < -0.3 is 15.0 Å². The highest BCUT2D eigenvalue weighted by atomic mass is 16.6. The molecule has 6 nitrogen and oxygen atoms in total. The van der Waals surface area contributed by atoms with E-state index in [1.807, 2.05) is 36.1 Å². The molecule has 6 heteroatoms. The monoisotopic (exact) mass is 499 g/mol. The molecule has 2 aromatic carbocycles. The highest BCUT2D eigenvalue weighted by Gasteiger charge is 2.35. The quantitative estimate of drug-likeness (QED) is 0.482. The van der Waals surface area contributed by atoms with E-state index in [4.69, 9.17) is 4.74 Å². The average molecular weight is 500 g/mol. The summed E-state index contributed by atoms with van der Waals surface area (Å²) in [5.41, 5.74) is 3.24. The second-order valence-corrected chi connectivity index (χ2v) is 10.5. The lowest BCUT2D eigenvalue weighted by atomic mass is 9.75. The summed E-state index contributed by atoms with van der Waals surface area (Å²) >= 11 is 0. The summed E-state index contributed by atoms with van der Waals surface area (Å²) in [4.78, 5) is 32.6. The van der Waals surface area contributed by atoms with Crippen LogP contribution in [0, 0.1) is 5.92 Å². The van der Waals surface area contributed by atoms with E-state index in [0.29, 0.717) is 12.3 Å². The molecule has 0 aromatic heterocycles. The van der Waals surface area contributed by atoms with E-state index in [9.17, 15) is 9.59 Å². The van der Waals surface area contributed by atoms with Gasteiger partial charge in [-0.3, -0.25) is 9.79 Å². The van der Waals surface area contributed by atoms with Gasteiger partial charge in [-0.2, -0.15) is 0 Å². The lowest BCUT2D eigenvalue weighted by molar-refractivity contribution is -0.126. The minimum absolute atomic E-state index is 0.0287. The van der Waals surface area contributed by atoms with Crippen molar-refractivity contribution in [2.45, 2.75) is 76.4 Å². The second-order valence-electron chi connectivity index (χ2n) is 10.5. The number of para-hydroxylation sites is 1. The average Bonchev–Trinajstić information content (AvgIpc) is 3.78. The zero-order valence-corrected chi connectivity index (χ0v) is 21.6. The highest BCUT2D eigenvalue weighted by molar-refractivity contribution is 6.01. The molecule has 37 heavy (non-hydrogen) atoms. The Morgan fingerprint density at radius 2 is 1.78 bits per heavy atom. The van der Waals surface area contributed by atoms with Crippen LogP contribution in [0.15, 0.2) is 71.7 Å². The van der Waals surface area contributed by atoms with Gasteiger partial charge in [-0.15, -0.1) is 0 Å². The normalized spacial score (nSPS) is 22.0. The molecule has 194 valence electrons. The van der Waals surface area contributed by atoms with Crippen molar-refractivity contribution < 1.29 is 14.3 Å². The summed E-state index contributed by atoms with van der Waals surface area (Å²) in [6.45, 7) is 3.35. The predicted molar refractivity (Wildman–Crippen MR) is 146 cm³/mol. The molecule has 0 spiro atoms. The van der Waals surface area contributed by atoms with Crippen molar-refractivity contribution in [3.8, 4) is 5.75 Å². The minimum atomic E-state index is -0.298. The molecular weight excluding hydrogens is 462 g/mol. The standard InChI is InChI=1S/C31H37N3O3/c1-22(29-13-7-8-20-32-29)33-30(35)28-12-6-5-11-27(28)24-16-14-23(15-17-24)21-34(25-18-19-25)31(36)37-26-9-3-2-4-10-26/h2-4,7,9-10,13-17,22,25,27-28H,5-6,8,11-12,18-21H2,1H3,(H,33,35)/t22?,27-,28+/m1/s1. The van der Waals surface area contributed by atoms with Gasteiger partial charge in [0.15, 0.2) is 0 Å². The maximum absolute atomic E-state index is 13.3. The Kier molecular flexibility index (Phi) is 8.02. The maximum atomic E-state index is 13.3. The molecule has 1 unspecified atom stereocenters. The van der Waals surface area contributed by atoms with Gasteiger partial charge in [0, 0.05) is 25.0 Å². The van der Waals surface area contributed by atoms with Crippen molar-refractivity contribution in [1.82, 2.24) is 10.2 Å². The molecular formula is C31H37N3O3. The topological polar surface area (TPSA) is 71.0 Å². The zero-order chi connectivity index (χ0) is 25.6. The summed E-state index contributed by atoms with van der Waals surface area (Å²) in [6.07, 6.45) is 11.0. The number of ether oxygens (including phenoxy) is 1. The Bertz CT molecular complexity index is 1140. The third-order valence-corrected chi connectivity index (χ3v) is 7.72. The molecule has 2 aromatic rings. The van der Waals surface area contributed by atoms with Gasteiger partial charge in [-0.1, -0.05) is 61.4 Å². The van der Waals surface area contributed by atoms with Crippen molar-refractivity contribution in [2.75, 3.05) is 6.54 Å². The molecule has 2 aliphatic carbocycles. The molecule has 0 saturated heterocycles. The smallest absolute Gasteiger partial charge is 0.410 e. The Hall–Kier alpha value is -3.41. The highest BCUT2D eigenvalue weighted by Crippen LogP contribution is 2.38. The van der Waals surface area contributed by atoms with E-state index in [1.165, 1.54) is 5.56 Å². The van der Waals surface area contributed by atoms with Crippen LogP contribution in [0.25, 0.3) is 0 Å². The Balaban J connectivity index is 1.23. The van der Waals surface area contributed by atoms with Crippen molar-refractivity contribution in [2.24, 2.45) is 10.9 Å². The largest absolute Gasteiger partial charge is 0.415 e. The molecule has 2 fully saturated rings. The SMILES string of the molecule is CC(NC(=O)[C@H]1CCCC[C@@H]1c1ccc(CN(C(=O)Oc2ccccc2)C2CC2)cc1)C1=NCCC=C1. The summed E-state index contributed by atoms with van der Waals surface area (Å²) in [7, 11) is 0. The number of carbonyl (C=O) groups is 2. The predicted octanol–water partition coefficient (Wildman–Crippen LogP) is 6.03. The van der Waals surface area contributed by atoms with Gasteiger partial charge >= 0.3 is 6.09 Å². The van der Waals surface area contributed by atoms with Crippen molar-refractivity contribution in [3.63, 3.8) is 0 Å². The zero-order valence-electron chi connectivity index (χ0n) is 21.6. The van der Waals surface area contributed by atoms with Crippen LogP contribution in [0.5, 0.6) is 5.75 Å². The van der Waals surface area contributed by atoms with Crippen LogP contribution in [0.3, 0.4) is 0 Å². The number of hydrogen-bond donors (Lipinski definition) is 1. The molecule has 3 aliphatic rings. The number of hydrogen-bond acceptors (Lipinski definition) is 4. The summed E-state index contributed by atoms with van der Waals surface area (Å²) in [5.74, 6) is 0.878. The first-order valence-electron chi connectivity index (χ1n) is 13.7. The van der Waals surface area contributed by atoms with Crippen LogP contribution >= 0.6 is 0 Å². The third-order valence-electron chi connectivity index (χ3n) is 7.72. The van der Waals surface area contributed by atoms with Crippen LogP contribution < -0.4 is 10.1 Å². The van der Waals surface area contributed by atoms with Gasteiger partial charge in [-0.05, 0) is 74.3 Å². The lowest BCUT2D eigenvalue weighted by Gasteiger charge is -2.32. The van der Waals surface area contributed by atoms with Gasteiger partial charge in [-0.25, -0.2) is 4.79 Å². The van der Waals surface area contributed by atoms with Gasteiger partial charge in [0.2, 0.25) is 5.91 Å². The fourth-order valence-electron chi connectivity index (χ4n) is 5.49. The summed E-state index contributed by atoms with van der Waals surface area (Å²) in [6, 6.07) is 17.9. The van der Waals surface area contributed by atoms with E-state index in [0.717, 1.165) is 62.8 Å². The third kappa shape index (κ3) is 6.48. The number of carbonyl (C=O) groups excluding carboxylic acids is 2. The van der Waals surface area contributed by atoms with Gasteiger partial charge in [0.05, 0.1) is 11.8 Å². The number of amides is 2. The second kappa shape index (κ2) is 11.8. The first kappa shape index (κ1) is 25.2. The fraction of sp³-hybridized carbons (Fsp3) is 0.452. The molecule has 1 N–H and O–H groups in total. The number of aliphatic imine (C=N–C) groups is 1. The lowest BCUT2D eigenvalue weighted by Crippen LogP contribution is -2.43. The molecule has 3 atom stereocenters. The van der Waals surface area contributed by atoms with Crippen LogP contribution in [0.2, 0.25) is 0 Å². The summed E-state index contributed by atoms with van der Waals surface area (Å²) < 4.78 is 5.61. The Morgan fingerprint density at radius 3 is 2.49 bits per heavy atom. The number of nitrogens with one attached hydrogen (secondary N) is 1. The Morgan fingerprint density at radius 1 is 1.03 bits per heavy atom. The molecule has 2 saturated carbocycles. The van der Waals surface area contributed by atoms with Crippen molar-refractivity contribution in [3.05, 3.63) is 77.9 Å². The van der Waals surface area contributed by atoms with E-state index < -0.39 is 0 Å². The number of benzene rings is 2. The van der Waals surface area contributed by atoms with E-state index >= 15 is 0 Å². The van der Waals surface area contributed by atoms with Crippen LogP contribution in [0.1, 0.15) is 68.9 Å². The first-order chi connectivity index (χ1) is 18.1. The molecule has 0 bridgehead atoms. The molecule has 1 heterocycles. The van der Waals surface area contributed by atoms with E-state index in [2.05, 4.69) is 40.7 Å². The number of rotatable bonds is 8.